The average molecular weight is 531 g/mol. The number of hydrogen-bond donors (Lipinski definition) is 1. The van der Waals surface area contributed by atoms with Gasteiger partial charge in [0.1, 0.15) is 17.4 Å². The van der Waals surface area contributed by atoms with E-state index in [1.807, 2.05) is 30.3 Å². The van der Waals surface area contributed by atoms with Crippen molar-refractivity contribution in [2.45, 2.75) is 19.0 Å². The number of benzene rings is 3. The van der Waals surface area contributed by atoms with Crippen LogP contribution in [-0.4, -0.2) is 30.4 Å². The zero-order chi connectivity index (χ0) is 27.1. The third-order valence-corrected chi connectivity index (χ3v) is 6.33. The molecule has 1 aromatic heterocycles. The van der Waals surface area contributed by atoms with Crippen LogP contribution in [0.1, 0.15) is 22.7 Å². The average Bonchev–Trinajstić information content (AvgIpc) is 2.92. The molecule has 1 heterocycles. The van der Waals surface area contributed by atoms with E-state index in [0.29, 0.717) is 39.4 Å². The number of carbonyl (C=O) groups excluding carboxylic acids is 2. The Morgan fingerprint density at radius 1 is 1.08 bits per heavy atom. The van der Waals surface area contributed by atoms with Crippen molar-refractivity contribution in [2.75, 3.05) is 13.7 Å². The molecule has 7 nitrogen and oxygen atoms in total. The maximum Gasteiger partial charge on any atom is 0.336 e. The van der Waals surface area contributed by atoms with Crippen LogP contribution in [0.4, 0.5) is 0 Å². The second-order valence-electron chi connectivity index (χ2n) is 8.62. The van der Waals surface area contributed by atoms with Gasteiger partial charge in [-0.15, -0.1) is 6.58 Å². The quantitative estimate of drug-likeness (QED) is 0.228. The van der Waals surface area contributed by atoms with Crippen LogP contribution in [0.2, 0.25) is 5.02 Å². The lowest BCUT2D eigenvalue weighted by molar-refractivity contribution is -0.139. The van der Waals surface area contributed by atoms with Gasteiger partial charge in [-0.2, -0.15) is 0 Å². The van der Waals surface area contributed by atoms with E-state index < -0.39 is 11.7 Å². The largest absolute Gasteiger partial charge is 0.497 e. The predicted octanol–water partition coefficient (Wildman–Crippen LogP) is 5.07. The number of methoxy groups -OCH3 is 1. The van der Waals surface area contributed by atoms with Crippen molar-refractivity contribution in [3.8, 4) is 5.75 Å². The monoisotopic (exact) mass is 530 g/mol. The van der Waals surface area contributed by atoms with Gasteiger partial charge in [-0.3, -0.25) is 9.59 Å². The van der Waals surface area contributed by atoms with Crippen LogP contribution in [0.25, 0.3) is 11.0 Å². The number of hydrogen-bond acceptors (Lipinski definition) is 5. The summed E-state index contributed by atoms with van der Waals surface area (Å²) < 4.78 is 10.5. The predicted molar refractivity (Wildman–Crippen MR) is 147 cm³/mol. The molecule has 1 atom stereocenters. The molecule has 0 spiro atoms. The molecular weight excluding hydrogens is 504 g/mol. The Balaban J connectivity index is 1.68. The van der Waals surface area contributed by atoms with Gasteiger partial charge in [-0.05, 0) is 41.0 Å². The van der Waals surface area contributed by atoms with Crippen molar-refractivity contribution >= 4 is 34.4 Å². The van der Waals surface area contributed by atoms with Gasteiger partial charge in [0.15, 0.2) is 0 Å². The van der Waals surface area contributed by atoms with Crippen molar-refractivity contribution in [1.29, 1.82) is 0 Å². The normalized spacial score (nSPS) is 11.5. The minimum absolute atomic E-state index is 0.109. The molecule has 0 saturated carbocycles. The van der Waals surface area contributed by atoms with E-state index in [0.717, 1.165) is 5.56 Å². The molecule has 4 rings (SSSR count). The molecule has 194 valence electrons. The van der Waals surface area contributed by atoms with Crippen LogP contribution in [0, 0.1) is 0 Å². The molecule has 4 aromatic rings. The summed E-state index contributed by atoms with van der Waals surface area (Å²) in [6, 6.07) is 21.7. The number of amides is 2. The molecule has 0 fully saturated rings. The fraction of sp³-hybridized carbons (Fsp3) is 0.167. The molecule has 0 saturated heterocycles. The number of nitrogens with zero attached hydrogens (tertiary/aromatic N) is 1. The van der Waals surface area contributed by atoms with Crippen LogP contribution < -0.4 is 15.7 Å². The number of rotatable bonds is 10. The zero-order valence-corrected chi connectivity index (χ0v) is 21.6. The fourth-order valence-electron chi connectivity index (χ4n) is 4.24. The second-order valence-corrected chi connectivity index (χ2v) is 9.06. The Morgan fingerprint density at radius 3 is 2.50 bits per heavy atom. The summed E-state index contributed by atoms with van der Waals surface area (Å²) in [6.45, 7) is 4.20. The van der Waals surface area contributed by atoms with Gasteiger partial charge >= 0.3 is 5.63 Å². The van der Waals surface area contributed by atoms with E-state index >= 15 is 0 Å². The fourth-order valence-corrected chi connectivity index (χ4v) is 4.36. The van der Waals surface area contributed by atoms with Crippen molar-refractivity contribution in [3.63, 3.8) is 0 Å². The highest BCUT2D eigenvalue weighted by Gasteiger charge is 2.31. The standard InChI is InChI=1S/C30H27ClN2O5/c1-3-15-33(27(34)16-22-17-28(35)38-26-18-24(37-2)13-14-25(22)26)29(21-9-11-23(31)12-10-21)30(36)32-19-20-7-5-4-6-8-20/h3-14,17-18,29H,1,15-16,19H2,2H3,(H,32,36). The Kier molecular flexibility index (Phi) is 8.61. The van der Waals surface area contributed by atoms with Crippen LogP contribution in [-0.2, 0) is 22.6 Å². The molecule has 1 unspecified atom stereocenters. The van der Waals surface area contributed by atoms with Crippen molar-refractivity contribution in [3.05, 3.63) is 124 Å². The minimum Gasteiger partial charge on any atom is -0.497 e. The van der Waals surface area contributed by atoms with E-state index in [4.69, 9.17) is 20.8 Å². The van der Waals surface area contributed by atoms with Gasteiger partial charge in [0.25, 0.3) is 0 Å². The number of nitrogens with one attached hydrogen (secondary N) is 1. The molecule has 1 N–H and O–H groups in total. The second kappa shape index (κ2) is 12.3. The van der Waals surface area contributed by atoms with Gasteiger partial charge in [-0.25, -0.2) is 4.79 Å². The van der Waals surface area contributed by atoms with E-state index in [9.17, 15) is 14.4 Å². The van der Waals surface area contributed by atoms with E-state index in [2.05, 4.69) is 11.9 Å². The number of halogens is 1. The van der Waals surface area contributed by atoms with E-state index in [1.165, 1.54) is 18.1 Å². The highest BCUT2D eigenvalue weighted by molar-refractivity contribution is 6.30. The van der Waals surface area contributed by atoms with Crippen molar-refractivity contribution in [2.24, 2.45) is 0 Å². The molecule has 0 aliphatic rings. The van der Waals surface area contributed by atoms with Crippen LogP contribution in [0.3, 0.4) is 0 Å². The zero-order valence-electron chi connectivity index (χ0n) is 20.9. The maximum absolute atomic E-state index is 13.8. The molecule has 2 amide bonds. The first kappa shape index (κ1) is 26.7. The smallest absolute Gasteiger partial charge is 0.336 e. The Bertz CT molecular complexity index is 1500. The van der Waals surface area contributed by atoms with Crippen LogP contribution >= 0.6 is 11.6 Å². The first-order valence-electron chi connectivity index (χ1n) is 12.0. The minimum atomic E-state index is -0.951. The summed E-state index contributed by atoms with van der Waals surface area (Å²) >= 11 is 6.09. The van der Waals surface area contributed by atoms with Gasteiger partial charge in [-0.1, -0.05) is 60.1 Å². The highest BCUT2D eigenvalue weighted by Crippen LogP contribution is 2.27. The molecule has 0 radical (unpaired) electrons. The Hall–Kier alpha value is -4.36. The van der Waals surface area contributed by atoms with Gasteiger partial charge < -0.3 is 19.4 Å². The summed E-state index contributed by atoms with van der Waals surface area (Å²) in [5.41, 5.74) is 1.73. The van der Waals surface area contributed by atoms with Crippen molar-refractivity contribution in [1.82, 2.24) is 10.2 Å². The number of fused-ring (bicyclic) bond motifs is 1. The molecule has 0 aliphatic heterocycles. The topological polar surface area (TPSA) is 88.8 Å². The van der Waals surface area contributed by atoms with Gasteiger partial charge in [0, 0.05) is 35.6 Å². The van der Waals surface area contributed by atoms with Crippen LogP contribution in [0.5, 0.6) is 5.75 Å². The summed E-state index contributed by atoms with van der Waals surface area (Å²) in [4.78, 5) is 41.0. The van der Waals surface area contributed by atoms with Gasteiger partial charge in [0.2, 0.25) is 11.8 Å². The molecule has 0 bridgehead atoms. The molecule has 3 aromatic carbocycles. The Labute approximate surface area is 225 Å². The first-order valence-corrected chi connectivity index (χ1v) is 12.4. The van der Waals surface area contributed by atoms with E-state index in [-0.39, 0.29) is 24.8 Å². The lowest BCUT2D eigenvalue weighted by Crippen LogP contribution is -2.44. The molecule has 0 aliphatic carbocycles. The highest BCUT2D eigenvalue weighted by atomic mass is 35.5. The molecular formula is C30H27ClN2O5. The van der Waals surface area contributed by atoms with Crippen LogP contribution in [0.15, 0.2) is 101 Å². The summed E-state index contributed by atoms with van der Waals surface area (Å²) in [7, 11) is 1.51. The third kappa shape index (κ3) is 6.30. The molecule has 38 heavy (non-hydrogen) atoms. The third-order valence-electron chi connectivity index (χ3n) is 6.08. The number of carbonyl (C=O) groups is 2. The Morgan fingerprint density at radius 2 is 1.82 bits per heavy atom. The lowest BCUT2D eigenvalue weighted by atomic mass is 10.0. The maximum atomic E-state index is 13.8. The summed E-state index contributed by atoms with van der Waals surface area (Å²) in [5, 5.41) is 4.06. The van der Waals surface area contributed by atoms with E-state index in [1.54, 1.807) is 48.5 Å². The van der Waals surface area contributed by atoms with Gasteiger partial charge in [0.05, 0.1) is 13.5 Å². The SMILES string of the molecule is C=CCN(C(=O)Cc1cc(=O)oc2cc(OC)ccc12)C(C(=O)NCc1ccccc1)c1ccc(Cl)cc1. The van der Waals surface area contributed by atoms with Crippen molar-refractivity contribution < 1.29 is 18.7 Å². The lowest BCUT2D eigenvalue weighted by Gasteiger charge is -2.31. The number of ether oxygens (including phenoxy) is 1. The molecule has 8 heteroatoms. The first-order chi connectivity index (χ1) is 18.4. The summed E-state index contributed by atoms with van der Waals surface area (Å²) in [5.74, 6) is -0.189. The summed E-state index contributed by atoms with van der Waals surface area (Å²) in [6.07, 6.45) is 1.44.